The van der Waals surface area contributed by atoms with Gasteiger partial charge in [-0.3, -0.25) is 0 Å². The Kier molecular flexibility index (Phi) is 5.36. The van der Waals surface area contributed by atoms with Crippen LogP contribution in [0.5, 0.6) is 0 Å². The van der Waals surface area contributed by atoms with Gasteiger partial charge in [0, 0.05) is 12.1 Å². The minimum Gasteiger partial charge on any atom is -0.366 e. The Morgan fingerprint density at radius 3 is 2.40 bits per heavy atom. The van der Waals surface area contributed by atoms with Crippen LogP contribution in [0.15, 0.2) is 30.6 Å². The highest BCUT2D eigenvalue weighted by molar-refractivity contribution is 6.30. The molecule has 0 amide bonds. The van der Waals surface area contributed by atoms with Crippen LogP contribution < -0.4 is 5.32 Å². The van der Waals surface area contributed by atoms with Crippen LogP contribution in [0.25, 0.3) is 0 Å². The lowest BCUT2D eigenvalue weighted by atomic mass is 10.1. The molecule has 0 bridgehead atoms. The number of anilines is 1. The molecule has 4 heteroatoms. The molecule has 2 aromatic rings. The van der Waals surface area contributed by atoms with Crippen LogP contribution in [0.4, 0.5) is 5.82 Å². The Hall–Kier alpha value is -1.61. The van der Waals surface area contributed by atoms with E-state index >= 15 is 0 Å². The maximum absolute atomic E-state index is 6.14. The molecule has 0 aliphatic heterocycles. The van der Waals surface area contributed by atoms with Crippen LogP contribution in [0.2, 0.25) is 5.15 Å². The average Bonchev–Trinajstić information content (AvgIpc) is 2.48. The summed E-state index contributed by atoms with van der Waals surface area (Å²) in [5.74, 6) is 0.839. The Morgan fingerprint density at radius 2 is 1.75 bits per heavy atom. The number of halogens is 1. The lowest BCUT2D eigenvalue weighted by Gasteiger charge is -2.11. The Morgan fingerprint density at radius 1 is 1.05 bits per heavy atom. The van der Waals surface area contributed by atoms with Crippen LogP contribution in [-0.2, 0) is 19.4 Å². The van der Waals surface area contributed by atoms with Crippen molar-refractivity contribution in [3.05, 3.63) is 52.4 Å². The predicted molar refractivity (Wildman–Crippen MR) is 84.2 cm³/mol. The van der Waals surface area contributed by atoms with Crippen molar-refractivity contribution in [1.82, 2.24) is 9.97 Å². The number of aromatic nitrogens is 2. The zero-order valence-corrected chi connectivity index (χ0v) is 12.7. The number of aryl methyl sites for hydroxylation is 1. The SMILES string of the molecule is CCCc1c(Cl)ncnc1NCc1ccc(CC)cc1. The van der Waals surface area contributed by atoms with Crippen molar-refractivity contribution in [2.75, 3.05) is 5.32 Å². The summed E-state index contributed by atoms with van der Waals surface area (Å²) in [6, 6.07) is 8.62. The maximum atomic E-state index is 6.14. The molecular weight excluding hydrogens is 270 g/mol. The standard InChI is InChI=1S/C16H20ClN3/c1-3-5-14-15(17)19-11-20-16(14)18-10-13-8-6-12(4-2)7-9-13/h6-9,11H,3-5,10H2,1-2H3,(H,18,19,20). The van der Waals surface area contributed by atoms with Gasteiger partial charge in [-0.25, -0.2) is 9.97 Å². The van der Waals surface area contributed by atoms with Gasteiger partial charge in [-0.15, -0.1) is 0 Å². The van der Waals surface area contributed by atoms with Gasteiger partial charge in [0.25, 0.3) is 0 Å². The third-order valence-electron chi connectivity index (χ3n) is 3.28. The van der Waals surface area contributed by atoms with Crippen molar-refractivity contribution >= 4 is 17.4 Å². The van der Waals surface area contributed by atoms with Gasteiger partial charge in [0.1, 0.15) is 17.3 Å². The third kappa shape index (κ3) is 3.70. The van der Waals surface area contributed by atoms with E-state index in [9.17, 15) is 0 Å². The molecule has 1 heterocycles. The number of nitrogens with one attached hydrogen (secondary N) is 1. The van der Waals surface area contributed by atoms with Crippen LogP contribution in [0.1, 0.15) is 37.0 Å². The minimum absolute atomic E-state index is 0.547. The molecule has 0 saturated heterocycles. The lowest BCUT2D eigenvalue weighted by molar-refractivity contribution is 0.897. The molecule has 106 valence electrons. The molecule has 20 heavy (non-hydrogen) atoms. The monoisotopic (exact) mass is 289 g/mol. The fourth-order valence-electron chi connectivity index (χ4n) is 2.09. The fourth-order valence-corrected chi connectivity index (χ4v) is 2.32. The van der Waals surface area contributed by atoms with E-state index in [4.69, 9.17) is 11.6 Å². The van der Waals surface area contributed by atoms with Crippen LogP contribution in [0.3, 0.4) is 0 Å². The van der Waals surface area contributed by atoms with E-state index in [1.807, 2.05) is 0 Å². The summed E-state index contributed by atoms with van der Waals surface area (Å²) in [6.45, 7) is 5.03. The average molecular weight is 290 g/mol. The number of hydrogen-bond acceptors (Lipinski definition) is 3. The normalized spacial score (nSPS) is 10.6. The zero-order valence-electron chi connectivity index (χ0n) is 12.0. The number of benzene rings is 1. The second kappa shape index (κ2) is 7.25. The molecule has 1 N–H and O–H groups in total. The van der Waals surface area contributed by atoms with Gasteiger partial charge >= 0.3 is 0 Å². The molecule has 0 spiro atoms. The fraction of sp³-hybridized carbons (Fsp3) is 0.375. The third-order valence-corrected chi connectivity index (χ3v) is 3.61. The first kappa shape index (κ1) is 14.8. The van der Waals surface area contributed by atoms with Gasteiger partial charge in [0.15, 0.2) is 0 Å². The summed E-state index contributed by atoms with van der Waals surface area (Å²) in [4.78, 5) is 8.35. The Balaban J connectivity index is 2.08. The van der Waals surface area contributed by atoms with Crippen molar-refractivity contribution in [2.24, 2.45) is 0 Å². The molecule has 0 radical (unpaired) electrons. The van der Waals surface area contributed by atoms with E-state index in [0.29, 0.717) is 5.15 Å². The van der Waals surface area contributed by atoms with Crippen LogP contribution >= 0.6 is 11.6 Å². The summed E-state index contributed by atoms with van der Waals surface area (Å²) in [7, 11) is 0. The first-order valence-corrected chi connectivity index (χ1v) is 7.43. The molecule has 0 aliphatic rings. The van der Waals surface area contributed by atoms with Crippen molar-refractivity contribution in [1.29, 1.82) is 0 Å². The Bertz CT molecular complexity index is 552. The molecule has 0 saturated carbocycles. The smallest absolute Gasteiger partial charge is 0.137 e. The lowest BCUT2D eigenvalue weighted by Crippen LogP contribution is -2.06. The number of rotatable bonds is 6. The van der Waals surface area contributed by atoms with Gasteiger partial charge < -0.3 is 5.32 Å². The highest BCUT2D eigenvalue weighted by Crippen LogP contribution is 2.22. The largest absolute Gasteiger partial charge is 0.366 e. The van der Waals surface area contributed by atoms with E-state index < -0.39 is 0 Å². The topological polar surface area (TPSA) is 37.8 Å². The summed E-state index contributed by atoms with van der Waals surface area (Å²) in [6.07, 6.45) is 4.48. The van der Waals surface area contributed by atoms with Crippen LogP contribution in [0, 0.1) is 0 Å². The number of nitrogens with zero attached hydrogens (tertiary/aromatic N) is 2. The predicted octanol–water partition coefficient (Wildman–Crippen LogP) is 4.26. The molecule has 1 aromatic heterocycles. The van der Waals surface area contributed by atoms with E-state index in [0.717, 1.165) is 37.2 Å². The summed E-state index contributed by atoms with van der Waals surface area (Å²) < 4.78 is 0. The maximum Gasteiger partial charge on any atom is 0.137 e. The Labute approximate surface area is 125 Å². The molecule has 0 aliphatic carbocycles. The van der Waals surface area contributed by atoms with Crippen molar-refractivity contribution in [3.63, 3.8) is 0 Å². The summed E-state index contributed by atoms with van der Waals surface area (Å²) in [5, 5.41) is 3.90. The van der Waals surface area contributed by atoms with E-state index in [1.54, 1.807) is 0 Å². The molecule has 3 nitrogen and oxygen atoms in total. The first-order chi connectivity index (χ1) is 9.74. The van der Waals surface area contributed by atoms with Crippen LogP contribution in [-0.4, -0.2) is 9.97 Å². The minimum atomic E-state index is 0.547. The van der Waals surface area contributed by atoms with Gasteiger partial charge in [0.05, 0.1) is 0 Å². The van der Waals surface area contributed by atoms with Gasteiger partial charge in [-0.1, -0.05) is 56.1 Å². The van der Waals surface area contributed by atoms with Crippen molar-refractivity contribution < 1.29 is 0 Å². The summed E-state index contributed by atoms with van der Waals surface area (Å²) >= 11 is 6.14. The molecule has 1 aromatic carbocycles. The zero-order chi connectivity index (χ0) is 14.4. The molecular formula is C16H20ClN3. The quantitative estimate of drug-likeness (QED) is 0.808. The highest BCUT2D eigenvalue weighted by Gasteiger charge is 2.08. The summed E-state index contributed by atoms with van der Waals surface area (Å²) in [5.41, 5.74) is 3.59. The second-order valence-corrected chi connectivity index (χ2v) is 5.12. The molecule has 0 fully saturated rings. The van der Waals surface area contributed by atoms with E-state index in [1.165, 1.54) is 17.5 Å². The van der Waals surface area contributed by atoms with Crippen molar-refractivity contribution in [2.45, 2.75) is 39.7 Å². The van der Waals surface area contributed by atoms with Gasteiger partial charge in [-0.05, 0) is 24.0 Å². The van der Waals surface area contributed by atoms with E-state index in [2.05, 4.69) is 53.4 Å². The highest BCUT2D eigenvalue weighted by atomic mass is 35.5. The van der Waals surface area contributed by atoms with E-state index in [-0.39, 0.29) is 0 Å². The molecule has 0 atom stereocenters. The van der Waals surface area contributed by atoms with Gasteiger partial charge in [-0.2, -0.15) is 0 Å². The number of hydrogen-bond donors (Lipinski definition) is 1. The van der Waals surface area contributed by atoms with Crippen molar-refractivity contribution in [3.8, 4) is 0 Å². The first-order valence-electron chi connectivity index (χ1n) is 7.05. The van der Waals surface area contributed by atoms with Gasteiger partial charge in [0.2, 0.25) is 0 Å². The second-order valence-electron chi connectivity index (χ2n) is 4.77. The molecule has 0 unspecified atom stereocenters. The molecule has 2 rings (SSSR count).